The zero-order valence-electron chi connectivity index (χ0n) is 13.4. The molecule has 0 atom stereocenters. The predicted molar refractivity (Wildman–Crippen MR) is 94.9 cm³/mol. The van der Waals surface area contributed by atoms with E-state index in [2.05, 4.69) is 5.32 Å². The molecule has 0 amide bonds. The van der Waals surface area contributed by atoms with Crippen LogP contribution in [-0.2, 0) is 6.54 Å². The Morgan fingerprint density at radius 3 is 2.60 bits per heavy atom. The van der Waals surface area contributed by atoms with Crippen LogP contribution in [-0.4, -0.2) is 15.6 Å². The van der Waals surface area contributed by atoms with E-state index < -0.39 is 22.8 Å². The van der Waals surface area contributed by atoms with Crippen molar-refractivity contribution in [1.29, 1.82) is 0 Å². The largest absolute Gasteiger partial charge is 0.477 e. The van der Waals surface area contributed by atoms with Crippen molar-refractivity contribution >= 4 is 33.9 Å². The van der Waals surface area contributed by atoms with Gasteiger partial charge in [-0.15, -0.1) is 0 Å². The number of anilines is 3. The zero-order chi connectivity index (χ0) is 18.1. The minimum atomic E-state index is -1.37. The molecule has 3 aromatic rings. The molecule has 1 aromatic heterocycles. The van der Waals surface area contributed by atoms with Gasteiger partial charge in [0.2, 0.25) is 5.43 Å². The summed E-state index contributed by atoms with van der Waals surface area (Å²) in [6.07, 6.45) is 1.25. The van der Waals surface area contributed by atoms with Crippen molar-refractivity contribution in [2.24, 2.45) is 0 Å². The molecule has 3 rings (SSSR count). The van der Waals surface area contributed by atoms with Crippen LogP contribution in [0, 0.1) is 5.82 Å². The number of aromatic carboxylic acids is 1. The number of rotatable bonds is 4. The highest BCUT2D eigenvalue weighted by Gasteiger charge is 2.20. The number of aromatic nitrogens is 1. The van der Waals surface area contributed by atoms with Crippen molar-refractivity contribution in [3.05, 3.63) is 64.2 Å². The van der Waals surface area contributed by atoms with E-state index in [0.717, 1.165) is 0 Å². The second-order valence-electron chi connectivity index (χ2n) is 5.50. The molecular formula is C18H16FN3O3. The molecule has 0 aliphatic heterocycles. The van der Waals surface area contributed by atoms with Gasteiger partial charge in [0.25, 0.3) is 0 Å². The van der Waals surface area contributed by atoms with Crippen LogP contribution in [0.3, 0.4) is 0 Å². The van der Waals surface area contributed by atoms with Gasteiger partial charge in [0, 0.05) is 18.4 Å². The fourth-order valence-corrected chi connectivity index (χ4v) is 2.73. The van der Waals surface area contributed by atoms with Crippen molar-refractivity contribution in [3.63, 3.8) is 0 Å². The molecule has 0 fully saturated rings. The number of carboxylic acid groups (broad SMARTS) is 1. The topological polar surface area (TPSA) is 97.4 Å². The van der Waals surface area contributed by atoms with E-state index in [9.17, 15) is 19.1 Å². The third kappa shape index (κ3) is 2.80. The Balaban J connectivity index is 2.30. The molecular weight excluding hydrogens is 325 g/mol. The number of nitrogens with one attached hydrogen (secondary N) is 1. The Morgan fingerprint density at radius 1 is 1.32 bits per heavy atom. The molecule has 0 aliphatic rings. The molecule has 0 spiro atoms. The Bertz CT molecular complexity index is 1030. The van der Waals surface area contributed by atoms with Gasteiger partial charge < -0.3 is 20.7 Å². The van der Waals surface area contributed by atoms with Crippen LogP contribution in [0.1, 0.15) is 17.3 Å². The van der Waals surface area contributed by atoms with Crippen LogP contribution in [0.4, 0.5) is 21.5 Å². The van der Waals surface area contributed by atoms with Gasteiger partial charge in [-0.3, -0.25) is 4.79 Å². The SMILES string of the molecule is CCn1cc(C(=O)O)c(=O)c2c(N)c(F)c(Nc3ccccc3)cc21. The van der Waals surface area contributed by atoms with Crippen molar-refractivity contribution in [3.8, 4) is 0 Å². The zero-order valence-corrected chi connectivity index (χ0v) is 13.4. The number of para-hydroxylation sites is 1. The summed E-state index contributed by atoms with van der Waals surface area (Å²) in [6, 6.07) is 10.4. The normalized spacial score (nSPS) is 10.8. The Labute approximate surface area is 142 Å². The molecule has 0 radical (unpaired) electrons. The lowest BCUT2D eigenvalue weighted by Gasteiger charge is -2.15. The average molecular weight is 341 g/mol. The van der Waals surface area contributed by atoms with Gasteiger partial charge in [-0.05, 0) is 25.1 Å². The first-order valence-electron chi connectivity index (χ1n) is 7.64. The lowest BCUT2D eigenvalue weighted by Crippen LogP contribution is -2.20. The van der Waals surface area contributed by atoms with Crippen LogP contribution >= 0.6 is 0 Å². The maximum Gasteiger partial charge on any atom is 0.341 e. The average Bonchev–Trinajstić information content (AvgIpc) is 2.60. The molecule has 7 heteroatoms. The molecule has 0 saturated carbocycles. The van der Waals surface area contributed by atoms with Gasteiger partial charge in [0.05, 0.1) is 22.3 Å². The standard InChI is InChI=1S/C18H16FN3O3/c1-2-22-9-11(18(24)25)17(23)14-13(22)8-12(15(19)16(14)20)21-10-6-4-3-5-7-10/h3-9,21H,2,20H2,1H3,(H,24,25). The summed E-state index contributed by atoms with van der Waals surface area (Å²) < 4.78 is 16.2. The molecule has 25 heavy (non-hydrogen) atoms. The number of pyridine rings is 1. The van der Waals surface area contributed by atoms with Crippen LogP contribution in [0.25, 0.3) is 10.9 Å². The van der Waals surface area contributed by atoms with E-state index in [0.29, 0.717) is 17.7 Å². The number of hydrogen-bond donors (Lipinski definition) is 3. The maximum absolute atomic E-state index is 14.7. The molecule has 2 aromatic carbocycles. The van der Waals surface area contributed by atoms with Crippen molar-refractivity contribution < 1.29 is 14.3 Å². The summed E-state index contributed by atoms with van der Waals surface area (Å²) in [4.78, 5) is 23.7. The van der Waals surface area contributed by atoms with E-state index in [1.165, 1.54) is 12.3 Å². The minimum absolute atomic E-state index is 0.112. The molecule has 0 saturated heterocycles. The molecule has 1 heterocycles. The molecule has 0 bridgehead atoms. The Kier molecular flexibility index (Phi) is 4.14. The quantitative estimate of drug-likeness (QED) is 0.633. The van der Waals surface area contributed by atoms with Gasteiger partial charge in [-0.1, -0.05) is 18.2 Å². The van der Waals surface area contributed by atoms with Crippen LogP contribution in [0.15, 0.2) is 47.4 Å². The number of carboxylic acids is 1. The molecule has 0 unspecified atom stereocenters. The van der Waals surface area contributed by atoms with Crippen LogP contribution < -0.4 is 16.5 Å². The van der Waals surface area contributed by atoms with Crippen LogP contribution in [0.2, 0.25) is 0 Å². The molecule has 4 N–H and O–H groups in total. The third-order valence-electron chi connectivity index (χ3n) is 3.97. The number of hydrogen-bond acceptors (Lipinski definition) is 4. The Hall–Kier alpha value is -3.35. The number of halogens is 1. The second kappa shape index (κ2) is 6.27. The first-order valence-corrected chi connectivity index (χ1v) is 7.64. The lowest BCUT2D eigenvalue weighted by atomic mass is 10.1. The number of fused-ring (bicyclic) bond motifs is 1. The van der Waals surface area contributed by atoms with Crippen molar-refractivity contribution in [2.75, 3.05) is 11.1 Å². The highest BCUT2D eigenvalue weighted by Crippen LogP contribution is 2.30. The fourth-order valence-electron chi connectivity index (χ4n) is 2.73. The van der Waals surface area contributed by atoms with E-state index in [4.69, 9.17) is 5.73 Å². The molecule has 0 aliphatic carbocycles. The summed E-state index contributed by atoms with van der Waals surface area (Å²) in [6.45, 7) is 2.19. The van der Waals surface area contributed by atoms with Gasteiger partial charge in [-0.25, -0.2) is 9.18 Å². The monoisotopic (exact) mass is 341 g/mol. The highest BCUT2D eigenvalue weighted by atomic mass is 19.1. The number of carbonyl (C=O) groups is 1. The number of nitrogen functional groups attached to an aromatic ring is 1. The van der Waals surface area contributed by atoms with E-state index in [1.54, 1.807) is 35.8 Å². The van der Waals surface area contributed by atoms with E-state index >= 15 is 0 Å². The number of nitrogens with two attached hydrogens (primary N) is 1. The summed E-state index contributed by atoms with van der Waals surface area (Å²) >= 11 is 0. The third-order valence-corrected chi connectivity index (χ3v) is 3.97. The predicted octanol–water partition coefficient (Wildman–Crippen LogP) is 3.18. The van der Waals surface area contributed by atoms with Gasteiger partial charge >= 0.3 is 5.97 Å². The number of aryl methyl sites for hydroxylation is 1. The van der Waals surface area contributed by atoms with Crippen LogP contribution in [0.5, 0.6) is 0 Å². The van der Waals surface area contributed by atoms with E-state index in [-0.39, 0.29) is 16.8 Å². The smallest absolute Gasteiger partial charge is 0.341 e. The summed E-state index contributed by atoms with van der Waals surface area (Å²) in [5.74, 6) is -2.17. The number of nitrogens with zero attached hydrogens (tertiary/aromatic N) is 1. The number of benzene rings is 2. The second-order valence-corrected chi connectivity index (χ2v) is 5.50. The van der Waals surface area contributed by atoms with Gasteiger partial charge in [-0.2, -0.15) is 0 Å². The molecule has 128 valence electrons. The fraction of sp³-hybridized carbons (Fsp3) is 0.111. The summed E-state index contributed by atoms with van der Waals surface area (Å²) in [7, 11) is 0. The van der Waals surface area contributed by atoms with E-state index in [1.807, 2.05) is 6.07 Å². The Morgan fingerprint density at radius 2 is 2.00 bits per heavy atom. The van der Waals surface area contributed by atoms with Crippen molar-refractivity contribution in [2.45, 2.75) is 13.5 Å². The highest BCUT2D eigenvalue weighted by molar-refractivity contribution is 5.99. The first-order chi connectivity index (χ1) is 11.9. The minimum Gasteiger partial charge on any atom is -0.477 e. The summed E-state index contributed by atoms with van der Waals surface area (Å²) in [5, 5.41) is 12.0. The van der Waals surface area contributed by atoms with Gasteiger partial charge in [0.1, 0.15) is 5.56 Å². The van der Waals surface area contributed by atoms with Crippen molar-refractivity contribution in [1.82, 2.24) is 4.57 Å². The molecule has 6 nitrogen and oxygen atoms in total. The van der Waals surface area contributed by atoms with Gasteiger partial charge in [0.15, 0.2) is 5.82 Å². The maximum atomic E-state index is 14.7. The first kappa shape index (κ1) is 16.5. The lowest BCUT2D eigenvalue weighted by molar-refractivity contribution is 0.0695. The summed E-state index contributed by atoms with van der Waals surface area (Å²) in [5.41, 5.74) is 5.38.